The Hall–Kier alpha value is -3.37. The quantitative estimate of drug-likeness (QED) is 0.489. The average molecular weight is 465 g/mol. The molecule has 0 saturated heterocycles. The molecule has 6 nitrogen and oxygen atoms in total. The largest absolute Gasteiger partial charge is 0.416 e. The molecule has 1 aromatic carbocycles. The van der Waals surface area contributed by atoms with Crippen molar-refractivity contribution >= 4 is 5.91 Å². The summed E-state index contributed by atoms with van der Waals surface area (Å²) < 4.78 is 68.7. The van der Waals surface area contributed by atoms with Crippen LogP contribution >= 0.6 is 0 Å². The highest BCUT2D eigenvalue weighted by atomic mass is 19.4. The van der Waals surface area contributed by atoms with Crippen molar-refractivity contribution in [2.45, 2.75) is 38.4 Å². The number of benzene rings is 1. The second-order valence-electron chi connectivity index (χ2n) is 8.10. The Bertz CT molecular complexity index is 1160. The Labute approximate surface area is 186 Å². The topological polar surface area (TPSA) is 63.9 Å². The molecule has 3 aromatic rings. The molecule has 2 atom stereocenters. The van der Waals surface area contributed by atoms with Crippen LogP contribution in [0.5, 0.6) is 0 Å². The lowest BCUT2D eigenvalue weighted by Gasteiger charge is -2.29. The maximum Gasteiger partial charge on any atom is 0.416 e. The standard InChI is InChI=1S/C22H20F5N5O/c1-13-7-15(9-16(8-13)22(25,26)27)20(33)31(11-17-10-21(17,23)24)14(2)19-29-12-30-32(19)18-5-3-4-6-28-18/h3-9,12,14,17H,10-11H2,1-2H3. The minimum Gasteiger partial charge on any atom is -0.328 e. The number of carbonyl (C=O) groups excluding carboxylic acids is 1. The van der Waals surface area contributed by atoms with Gasteiger partial charge in [0.1, 0.15) is 6.33 Å². The average Bonchev–Trinajstić information content (AvgIpc) is 3.13. The first-order valence-electron chi connectivity index (χ1n) is 10.2. The second-order valence-corrected chi connectivity index (χ2v) is 8.10. The lowest BCUT2D eigenvalue weighted by atomic mass is 10.0. The van der Waals surface area contributed by atoms with E-state index in [1.165, 1.54) is 30.2 Å². The fourth-order valence-corrected chi connectivity index (χ4v) is 3.69. The summed E-state index contributed by atoms with van der Waals surface area (Å²) in [4.78, 5) is 22.9. The van der Waals surface area contributed by atoms with Crippen molar-refractivity contribution < 1.29 is 26.7 Å². The fourth-order valence-electron chi connectivity index (χ4n) is 3.69. The zero-order valence-electron chi connectivity index (χ0n) is 17.7. The van der Waals surface area contributed by atoms with E-state index in [1.54, 1.807) is 25.1 Å². The number of hydrogen-bond donors (Lipinski definition) is 0. The number of amides is 1. The predicted octanol–water partition coefficient (Wildman–Crippen LogP) is 4.85. The van der Waals surface area contributed by atoms with E-state index in [-0.39, 0.29) is 23.5 Å². The molecule has 1 amide bonds. The summed E-state index contributed by atoms with van der Waals surface area (Å²) in [5.74, 6) is -4.15. The van der Waals surface area contributed by atoms with Crippen LogP contribution in [0, 0.1) is 12.8 Å². The lowest BCUT2D eigenvalue weighted by molar-refractivity contribution is -0.137. The Morgan fingerprint density at radius 2 is 1.97 bits per heavy atom. The summed E-state index contributed by atoms with van der Waals surface area (Å²) in [5, 5.41) is 4.11. The molecule has 0 bridgehead atoms. The van der Waals surface area contributed by atoms with Gasteiger partial charge in [0, 0.05) is 30.6 Å². The van der Waals surface area contributed by atoms with Gasteiger partial charge in [0.05, 0.1) is 11.6 Å². The summed E-state index contributed by atoms with van der Waals surface area (Å²) in [5.41, 5.74) is -0.983. The Balaban J connectivity index is 1.72. The molecule has 1 saturated carbocycles. The van der Waals surface area contributed by atoms with Gasteiger partial charge in [-0.1, -0.05) is 6.07 Å². The number of alkyl halides is 5. The van der Waals surface area contributed by atoms with Gasteiger partial charge in [-0.05, 0) is 49.7 Å². The van der Waals surface area contributed by atoms with Crippen LogP contribution in [-0.2, 0) is 6.18 Å². The van der Waals surface area contributed by atoms with Crippen molar-refractivity contribution in [2.75, 3.05) is 6.54 Å². The number of hydrogen-bond acceptors (Lipinski definition) is 4. The van der Waals surface area contributed by atoms with Crippen LogP contribution in [0.3, 0.4) is 0 Å². The van der Waals surface area contributed by atoms with E-state index in [2.05, 4.69) is 15.1 Å². The van der Waals surface area contributed by atoms with Crippen LogP contribution in [0.15, 0.2) is 48.9 Å². The van der Waals surface area contributed by atoms with Gasteiger partial charge in [0.15, 0.2) is 11.6 Å². The van der Waals surface area contributed by atoms with Gasteiger partial charge in [0.2, 0.25) is 0 Å². The summed E-state index contributed by atoms with van der Waals surface area (Å²) in [6.07, 6.45) is -2.27. The third kappa shape index (κ3) is 4.71. The number of nitrogens with zero attached hydrogens (tertiary/aromatic N) is 5. The van der Waals surface area contributed by atoms with Crippen molar-refractivity contribution in [3.63, 3.8) is 0 Å². The normalized spacial score (nSPS) is 18.1. The molecule has 2 heterocycles. The summed E-state index contributed by atoms with van der Waals surface area (Å²) in [7, 11) is 0. The third-order valence-electron chi connectivity index (χ3n) is 5.57. The molecule has 2 unspecified atom stereocenters. The molecule has 11 heteroatoms. The predicted molar refractivity (Wildman–Crippen MR) is 108 cm³/mol. The number of halogens is 5. The Morgan fingerprint density at radius 3 is 2.58 bits per heavy atom. The van der Waals surface area contributed by atoms with Gasteiger partial charge < -0.3 is 4.90 Å². The van der Waals surface area contributed by atoms with E-state index < -0.39 is 42.0 Å². The van der Waals surface area contributed by atoms with Crippen molar-refractivity contribution in [1.82, 2.24) is 24.6 Å². The number of carbonyl (C=O) groups is 1. The smallest absolute Gasteiger partial charge is 0.328 e. The highest BCUT2D eigenvalue weighted by Gasteiger charge is 2.58. The maximum absolute atomic E-state index is 13.7. The van der Waals surface area contributed by atoms with E-state index in [0.717, 1.165) is 17.0 Å². The molecule has 0 spiro atoms. The maximum atomic E-state index is 13.7. The summed E-state index contributed by atoms with van der Waals surface area (Å²) in [6.45, 7) is 2.67. The molecule has 4 rings (SSSR count). The molecule has 1 fully saturated rings. The van der Waals surface area contributed by atoms with Gasteiger partial charge in [-0.3, -0.25) is 4.79 Å². The van der Waals surface area contributed by atoms with Crippen LogP contribution < -0.4 is 0 Å². The molecule has 174 valence electrons. The lowest BCUT2D eigenvalue weighted by Crippen LogP contribution is -2.37. The first-order chi connectivity index (χ1) is 15.5. The highest BCUT2D eigenvalue weighted by Crippen LogP contribution is 2.49. The molecular formula is C22H20F5N5O. The van der Waals surface area contributed by atoms with E-state index in [1.807, 2.05) is 0 Å². The van der Waals surface area contributed by atoms with Crippen molar-refractivity contribution in [2.24, 2.45) is 5.92 Å². The SMILES string of the molecule is Cc1cc(C(=O)N(CC2CC2(F)F)C(C)c2ncnn2-c2ccccn2)cc(C(F)(F)F)c1. The van der Waals surface area contributed by atoms with Gasteiger partial charge in [-0.15, -0.1) is 0 Å². The third-order valence-corrected chi connectivity index (χ3v) is 5.57. The van der Waals surface area contributed by atoms with Gasteiger partial charge >= 0.3 is 6.18 Å². The van der Waals surface area contributed by atoms with E-state index in [4.69, 9.17) is 0 Å². The minimum atomic E-state index is -4.65. The zero-order chi connectivity index (χ0) is 24.0. The molecule has 1 aliphatic carbocycles. The second kappa shape index (κ2) is 8.20. The first kappa shape index (κ1) is 22.8. The molecule has 0 N–H and O–H groups in total. The molecular weight excluding hydrogens is 445 g/mol. The van der Waals surface area contributed by atoms with Crippen LogP contribution in [0.1, 0.15) is 46.7 Å². The number of rotatable bonds is 6. The minimum absolute atomic E-state index is 0.231. The monoisotopic (exact) mass is 465 g/mol. The van der Waals surface area contributed by atoms with E-state index in [9.17, 15) is 26.7 Å². The Kier molecular flexibility index (Phi) is 5.67. The first-order valence-corrected chi connectivity index (χ1v) is 10.2. The summed E-state index contributed by atoms with van der Waals surface area (Å²) in [6, 6.07) is 7.19. The molecule has 0 aliphatic heterocycles. The zero-order valence-corrected chi connectivity index (χ0v) is 17.7. The van der Waals surface area contributed by atoms with Gasteiger partial charge in [-0.2, -0.15) is 23.0 Å². The molecule has 1 aliphatic rings. The van der Waals surface area contributed by atoms with Gasteiger partial charge in [-0.25, -0.2) is 18.7 Å². The van der Waals surface area contributed by atoms with Crippen molar-refractivity contribution in [1.29, 1.82) is 0 Å². The van der Waals surface area contributed by atoms with Crippen LogP contribution in [0.4, 0.5) is 22.0 Å². The number of pyridine rings is 1. The highest BCUT2D eigenvalue weighted by molar-refractivity contribution is 5.95. The molecule has 0 radical (unpaired) electrons. The molecule has 33 heavy (non-hydrogen) atoms. The number of aromatic nitrogens is 4. The Morgan fingerprint density at radius 1 is 1.24 bits per heavy atom. The van der Waals surface area contributed by atoms with E-state index >= 15 is 0 Å². The van der Waals surface area contributed by atoms with Crippen molar-refractivity contribution in [3.8, 4) is 5.82 Å². The van der Waals surface area contributed by atoms with Crippen molar-refractivity contribution in [3.05, 3.63) is 71.4 Å². The summed E-state index contributed by atoms with van der Waals surface area (Å²) >= 11 is 0. The van der Waals surface area contributed by atoms with E-state index in [0.29, 0.717) is 5.82 Å². The molecule has 2 aromatic heterocycles. The van der Waals surface area contributed by atoms with Crippen LogP contribution in [0.25, 0.3) is 5.82 Å². The van der Waals surface area contributed by atoms with Crippen LogP contribution in [-0.4, -0.2) is 43.0 Å². The van der Waals surface area contributed by atoms with Crippen LogP contribution in [0.2, 0.25) is 0 Å². The number of aryl methyl sites for hydroxylation is 1. The fraction of sp³-hybridized carbons (Fsp3) is 0.364. The van der Waals surface area contributed by atoms with Gasteiger partial charge in [0.25, 0.3) is 11.8 Å².